The molecule has 2 fully saturated rings. The number of methoxy groups -OCH3 is 2. The number of halogens is 1. The average molecular weight is 1840 g/mol. The third-order valence-corrected chi connectivity index (χ3v) is 21.3. The molecule has 121 heavy (non-hydrogen) atoms. The van der Waals surface area contributed by atoms with Crippen LogP contribution in [0.5, 0.6) is 11.5 Å². The Morgan fingerprint density at radius 1 is 0.752 bits per heavy atom. The second-order valence-corrected chi connectivity index (χ2v) is 30.3. The summed E-state index contributed by atoms with van der Waals surface area (Å²) >= 11 is 6.88. The first kappa shape index (κ1) is 103. The van der Waals surface area contributed by atoms with Crippen LogP contribution in [0, 0.1) is 46.4 Å². The van der Waals surface area contributed by atoms with Crippen molar-refractivity contribution in [1.82, 2.24) is 45.3 Å². The standard InChI is InChI=1S/C78H91ClN10O12S2.4HNO3.2Zn/c1-52-20-19-25-68(97-8)78(95)45-67(99-76(94)85-78)53(2)73-77(4,101-73)69(44-71(91)87(6)65-42-55(38-52)43-66(96-7)72(65)79)100-75(93)54(3)86(5)74(92)58-26-28-64(29-27-58)103-102-37-30-70(90)84-35-17-18-36-98-63-40-56(46-88(48-59-21-9-13-31-80-59)49-60-22-10-14-32-81-60)39-57(41-63)47-89(50-61-23-11-15-33-82-61)51-62-24-12-16-34-83-62;4*2-1(3)4;;/h9-16,19-29,31-34,39-43,53-54,67-69,73,95H,17-18,30,35-38,44-51H2,1-8H3,(H,84,90)(H,85,94);4*(H,2,3,4);;/b25-19+,52-20+;;;;;;/t53-,54+,67?,68-,69?,73?,77+,78+;;;;;;/m0....../s1. The van der Waals surface area contributed by atoms with Gasteiger partial charge in [-0.3, -0.25) is 49.4 Å². The second kappa shape index (κ2) is 51.8. The first-order valence-electron chi connectivity index (χ1n) is 36.8. The third kappa shape index (κ3) is 35.5. The van der Waals surface area contributed by atoms with Gasteiger partial charge >= 0.3 is 12.1 Å². The number of hydrogen-bond donors (Lipinski definition) is 7. The van der Waals surface area contributed by atoms with Crippen LogP contribution < -0.4 is 25.0 Å². The Balaban J connectivity index is 0.00000157. The van der Waals surface area contributed by atoms with Crippen molar-refractivity contribution in [3.8, 4) is 11.5 Å². The van der Waals surface area contributed by atoms with Crippen LogP contribution in [-0.2, 0) is 118 Å². The SMILES string of the molecule is COc1cc2cc(c1Cl)N(C)C(=O)CC(OC(=O)[C@@H](C)N(C)C(=O)c1ccc(SSCCC(=O)NCCCCOc3cc(CN(Cc4ccccn4)Cc4ccccn4)cc(CN(Cc4ccccn4)Cc4ccccn4)c3)cc1)[C@@]1(C)OC1[C@@H](C)C1C[C@](O)(NC(=O)O1)[C@@H](OC)/C=C/C=C(\C)C2.O=[N+]([O-])O.O=[N+]([O-])O.O=[N+]([O-])O.O=[N+]([O-])O.[Zn].[Zn]. The normalized spacial score (nSPS) is 19.2. The zero-order valence-corrected chi connectivity index (χ0v) is 76.0. The van der Waals surface area contributed by atoms with Crippen LogP contribution in [0.15, 0.2) is 181 Å². The number of ether oxygens (including phenoxy) is 6. The Hall–Kier alpha value is -10.7. The molecule has 2 saturated heterocycles. The van der Waals surface area contributed by atoms with Crippen molar-refractivity contribution in [1.29, 1.82) is 0 Å². The number of alkyl carbamates (subject to hydrolysis) is 1. The monoisotopic (exact) mass is 1840 g/mol. The molecular formula is C78H95ClN14O24S2Zn2. The van der Waals surface area contributed by atoms with E-state index in [0.717, 1.165) is 68.5 Å². The van der Waals surface area contributed by atoms with E-state index in [2.05, 4.69) is 58.6 Å². The Bertz CT molecular complexity index is 4310. The van der Waals surface area contributed by atoms with Crippen molar-refractivity contribution >= 4 is 68.7 Å². The van der Waals surface area contributed by atoms with Gasteiger partial charge in [0.1, 0.15) is 46.5 Å². The van der Waals surface area contributed by atoms with Gasteiger partial charge < -0.3 is 69.5 Å². The number of hydrogen-bond acceptors (Lipinski definition) is 28. The van der Waals surface area contributed by atoms with Gasteiger partial charge in [0.25, 0.3) is 26.3 Å². The maximum Gasteiger partial charge on any atom is 0.409 e. The van der Waals surface area contributed by atoms with Gasteiger partial charge in [0.2, 0.25) is 11.8 Å². The molecule has 3 unspecified atom stereocenters. The molecule has 3 aliphatic rings. The number of fused-ring (bicyclic) bond motifs is 5. The Morgan fingerprint density at radius 2 is 1.26 bits per heavy atom. The van der Waals surface area contributed by atoms with E-state index in [1.807, 2.05) is 123 Å². The summed E-state index contributed by atoms with van der Waals surface area (Å²) in [6.45, 7) is 11.7. The van der Waals surface area contributed by atoms with Crippen LogP contribution in [-0.4, -0.2) is 200 Å². The van der Waals surface area contributed by atoms with Crippen LogP contribution in [0.3, 0.4) is 0 Å². The molecule has 43 heteroatoms. The van der Waals surface area contributed by atoms with E-state index >= 15 is 0 Å². The van der Waals surface area contributed by atoms with E-state index < -0.39 is 91.9 Å². The number of anilines is 1. The smallest absolute Gasteiger partial charge is 0.409 e. The number of rotatable bonds is 29. The number of likely N-dealkylation sites (N-methyl/N-ethyl adjacent to an activating group) is 1. The molecule has 7 heterocycles. The number of allylic oxidation sites excluding steroid dienone is 3. The Kier molecular flexibility index (Phi) is 44.0. The maximum atomic E-state index is 14.5. The van der Waals surface area contributed by atoms with E-state index in [4.69, 9.17) is 101 Å². The number of aliphatic hydroxyl groups is 1. The fraction of sp³-hybridized carbons (Fsp3) is 0.397. The quantitative estimate of drug-likeness (QED) is 0.00435. The summed E-state index contributed by atoms with van der Waals surface area (Å²) in [5.41, 5.74) is 5.23. The van der Waals surface area contributed by atoms with Gasteiger partial charge in [-0.25, -0.2) is 9.59 Å². The number of carbonyl (C=O) groups is 5. The first-order valence-corrected chi connectivity index (χ1v) is 39.5. The minimum atomic E-state index is -1.88. The van der Waals surface area contributed by atoms with Gasteiger partial charge in [-0.15, -0.1) is 40.5 Å². The van der Waals surface area contributed by atoms with Crippen LogP contribution in [0.4, 0.5) is 10.5 Å². The van der Waals surface area contributed by atoms with Crippen LogP contribution >= 0.6 is 33.2 Å². The average Bonchev–Trinajstić information content (AvgIpc) is 1.57. The minimum absolute atomic E-state index is 0. The molecule has 4 amide bonds. The molecule has 3 aromatic carbocycles. The molecule has 3 aliphatic heterocycles. The largest absolute Gasteiger partial charge is 0.495 e. The number of pyridine rings is 4. The molecule has 0 saturated carbocycles. The fourth-order valence-electron chi connectivity index (χ4n) is 12.7. The number of aromatic nitrogens is 4. The van der Waals surface area contributed by atoms with Gasteiger partial charge in [0.15, 0.2) is 5.72 Å². The molecule has 0 aliphatic carbocycles. The maximum absolute atomic E-state index is 14.5. The predicted octanol–water partition coefficient (Wildman–Crippen LogP) is 10.5. The van der Waals surface area contributed by atoms with Crippen molar-refractivity contribution in [2.75, 3.05) is 52.1 Å². The Labute approximate surface area is 735 Å². The molecular weight excluding hydrogens is 1750 g/mol. The fourth-order valence-corrected chi connectivity index (χ4v) is 15.0. The van der Waals surface area contributed by atoms with Crippen LogP contribution in [0.1, 0.15) is 110 Å². The molecule has 0 spiro atoms. The summed E-state index contributed by atoms with van der Waals surface area (Å²) in [6.07, 6.45) is 9.56. The number of unbranched alkanes of at least 4 members (excludes halogenated alkanes) is 1. The van der Waals surface area contributed by atoms with Crippen molar-refractivity contribution in [3.05, 3.63) is 266 Å². The molecule has 4 bridgehead atoms. The number of amides is 4. The predicted molar refractivity (Wildman–Crippen MR) is 432 cm³/mol. The van der Waals surface area contributed by atoms with Crippen molar-refractivity contribution < 1.29 is 138 Å². The van der Waals surface area contributed by atoms with Crippen LogP contribution in [0.25, 0.3) is 0 Å². The molecule has 7 N–H and O–H groups in total. The third-order valence-electron chi connectivity index (χ3n) is 18.6. The zero-order chi connectivity index (χ0) is 87.4. The molecule has 38 nitrogen and oxygen atoms in total. The Morgan fingerprint density at radius 3 is 1.73 bits per heavy atom. The number of benzene rings is 3. The summed E-state index contributed by atoms with van der Waals surface area (Å²) in [5, 5.41) is 72.3. The second-order valence-electron chi connectivity index (χ2n) is 27.4. The van der Waals surface area contributed by atoms with E-state index in [1.165, 1.54) is 52.7 Å². The summed E-state index contributed by atoms with van der Waals surface area (Å²) < 4.78 is 36.3. The van der Waals surface area contributed by atoms with Gasteiger partial charge in [-0.2, -0.15) is 0 Å². The summed E-state index contributed by atoms with van der Waals surface area (Å²) in [7, 11) is 8.99. The van der Waals surface area contributed by atoms with Gasteiger partial charge in [-0.05, 0) is 154 Å². The molecule has 8 atom stereocenters. The van der Waals surface area contributed by atoms with Gasteiger partial charge in [0, 0.05) is 166 Å². The topological polar surface area (TPSA) is 506 Å². The number of epoxide rings is 1. The molecule has 7 aromatic rings. The summed E-state index contributed by atoms with van der Waals surface area (Å²) in [6, 6.07) is 39.8. The van der Waals surface area contributed by atoms with Crippen LogP contribution in [0.2, 0.25) is 5.02 Å². The number of nitrogens with one attached hydrogen (secondary N) is 2. The minimum Gasteiger partial charge on any atom is -0.495 e. The number of carbonyl (C=O) groups excluding carboxylic acids is 5. The summed E-state index contributed by atoms with van der Waals surface area (Å²) in [5.74, 6) is -0.698. The molecule has 644 valence electrons. The number of esters is 1. The van der Waals surface area contributed by atoms with Crippen molar-refractivity contribution in [2.45, 2.75) is 152 Å². The molecule has 10 rings (SSSR count). The van der Waals surface area contributed by atoms with E-state index in [1.54, 1.807) is 64.2 Å². The van der Waals surface area contributed by atoms with E-state index in [9.17, 15) is 29.1 Å². The summed E-state index contributed by atoms with van der Waals surface area (Å²) in [4.78, 5) is 129. The van der Waals surface area contributed by atoms with Crippen molar-refractivity contribution in [2.24, 2.45) is 5.92 Å². The van der Waals surface area contributed by atoms with Gasteiger partial charge in [-0.1, -0.05) is 94.2 Å². The molecule has 4 aromatic heterocycles. The van der Waals surface area contributed by atoms with Gasteiger partial charge in [0.05, 0.1) is 54.7 Å². The molecule has 0 radical (unpaired) electrons. The van der Waals surface area contributed by atoms with E-state index in [0.29, 0.717) is 88.0 Å². The zero-order valence-electron chi connectivity index (χ0n) is 67.7. The number of nitrogens with zero attached hydrogens (tertiary/aromatic N) is 12. The van der Waals surface area contributed by atoms with Crippen molar-refractivity contribution in [3.63, 3.8) is 0 Å². The van der Waals surface area contributed by atoms with E-state index in [-0.39, 0.29) is 62.7 Å². The first-order chi connectivity index (χ1) is 56.6.